The maximum Gasteiger partial charge on any atom is 0.211 e. The minimum Gasteiger partial charge on any atom is -0.497 e. The normalized spacial score (nSPS) is 11.5. The molecule has 7 nitrogen and oxygen atoms in total. The molecule has 1 aromatic heterocycles. The molecule has 0 saturated carbocycles. The van der Waals surface area contributed by atoms with E-state index in [-0.39, 0.29) is 0 Å². The van der Waals surface area contributed by atoms with Gasteiger partial charge in [0.2, 0.25) is 4.80 Å². The van der Waals surface area contributed by atoms with Crippen molar-refractivity contribution >= 4 is 23.2 Å². The molecule has 0 radical (unpaired) electrons. The summed E-state index contributed by atoms with van der Waals surface area (Å²) in [6, 6.07) is 31.3. The zero-order valence-corrected chi connectivity index (χ0v) is 23.3. The molecule has 0 N–H and O–H groups in total. The Morgan fingerprint density at radius 2 is 1.50 bits per heavy atom. The molecule has 0 fully saturated rings. The number of thiazole rings is 1. The predicted octanol–water partition coefficient (Wildman–Crippen LogP) is 6.94. The van der Waals surface area contributed by atoms with E-state index in [4.69, 9.17) is 29.0 Å². The molecule has 5 aromatic rings. The average Bonchev–Trinajstić information content (AvgIpc) is 3.41. The van der Waals surface area contributed by atoms with Crippen molar-refractivity contribution in [3.8, 4) is 34.3 Å². The summed E-state index contributed by atoms with van der Waals surface area (Å²) in [7, 11) is 4.92. The molecule has 0 amide bonds. The van der Waals surface area contributed by atoms with Crippen LogP contribution in [0.25, 0.3) is 11.3 Å². The number of ether oxygens (including phenoxy) is 4. The first-order valence-electron chi connectivity index (χ1n) is 12.6. The molecule has 5 rings (SSSR count). The molecule has 202 valence electrons. The smallest absolute Gasteiger partial charge is 0.211 e. The largest absolute Gasteiger partial charge is 0.497 e. The third kappa shape index (κ3) is 6.24. The Hall–Kier alpha value is -4.82. The summed E-state index contributed by atoms with van der Waals surface area (Å²) in [6.07, 6.45) is 1.79. The molecule has 0 spiro atoms. The van der Waals surface area contributed by atoms with Gasteiger partial charge >= 0.3 is 0 Å². The van der Waals surface area contributed by atoms with Gasteiger partial charge in [0, 0.05) is 10.9 Å². The highest BCUT2D eigenvalue weighted by atomic mass is 32.1. The lowest BCUT2D eigenvalue weighted by Crippen LogP contribution is -2.11. The maximum absolute atomic E-state index is 6.10. The van der Waals surface area contributed by atoms with Crippen LogP contribution in [-0.4, -0.2) is 32.2 Å². The summed E-state index contributed by atoms with van der Waals surface area (Å²) in [5.74, 6) is 2.77. The van der Waals surface area contributed by atoms with Crippen LogP contribution < -0.4 is 23.7 Å². The van der Waals surface area contributed by atoms with E-state index in [2.05, 4.69) is 0 Å². The molecule has 0 saturated heterocycles. The number of hydrogen-bond donors (Lipinski definition) is 0. The number of methoxy groups -OCH3 is 3. The Kier molecular flexibility index (Phi) is 8.58. The van der Waals surface area contributed by atoms with Gasteiger partial charge in [-0.2, -0.15) is 5.10 Å². The molecule has 0 bridgehead atoms. The Morgan fingerprint density at radius 1 is 0.750 bits per heavy atom. The molecule has 0 aliphatic carbocycles. The lowest BCUT2D eigenvalue weighted by atomic mass is 10.2. The van der Waals surface area contributed by atoms with Crippen LogP contribution in [0, 0.1) is 0 Å². The number of aromatic nitrogens is 1. The van der Waals surface area contributed by atoms with Crippen molar-refractivity contribution in [1.82, 2.24) is 4.68 Å². The standard InChI is InChI=1S/C32H29N3O4S/c1-36-26-16-14-25(15-17-26)28-22-40-32(34-27-11-7-8-12-29(27)37-2)35(28)33-20-24-13-18-30(38-3)31(19-24)39-21-23-9-5-4-6-10-23/h4-20,22H,21H2,1-3H3/b33-20-,34-32?. The van der Waals surface area contributed by atoms with Gasteiger partial charge in [-0.15, -0.1) is 11.3 Å². The van der Waals surface area contributed by atoms with Crippen LogP contribution in [0.3, 0.4) is 0 Å². The Labute approximate surface area is 237 Å². The molecule has 0 unspecified atom stereocenters. The third-order valence-electron chi connectivity index (χ3n) is 6.12. The summed E-state index contributed by atoms with van der Waals surface area (Å²) in [5, 5.41) is 6.90. The van der Waals surface area contributed by atoms with Crippen molar-refractivity contribution in [2.75, 3.05) is 21.3 Å². The zero-order valence-electron chi connectivity index (χ0n) is 22.5. The van der Waals surface area contributed by atoms with Crippen molar-refractivity contribution in [1.29, 1.82) is 0 Å². The van der Waals surface area contributed by atoms with Crippen molar-refractivity contribution in [2.24, 2.45) is 10.1 Å². The molecule has 0 atom stereocenters. The van der Waals surface area contributed by atoms with E-state index in [0.717, 1.165) is 33.8 Å². The minimum atomic E-state index is 0.431. The molecule has 8 heteroatoms. The van der Waals surface area contributed by atoms with Gasteiger partial charge in [0.05, 0.1) is 33.2 Å². The number of rotatable bonds is 10. The summed E-state index contributed by atoms with van der Waals surface area (Å²) in [4.78, 5) is 5.58. The van der Waals surface area contributed by atoms with Gasteiger partial charge in [-0.25, -0.2) is 9.67 Å². The maximum atomic E-state index is 6.10. The fourth-order valence-electron chi connectivity index (χ4n) is 4.02. The van der Waals surface area contributed by atoms with Gasteiger partial charge in [0.15, 0.2) is 11.5 Å². The zero-order chi connectivity index (χ0) is 27.7. The first-order valence-corrected chi connectivity index (χ1v) is 13.5. The topological polar surface area (TPSA) is 66.6 Å². The van der Waals surface area contributed by atoms with Gasteiger partial charge < -0.3 is 18.9 Å². The monoisotopic (exact) mass is 551 g/mol. The van der Waals surface area contributed by atoms with Crippen molar-refractivity contribution in [3.05, 3.63) is 118 Å². The first kappa shape index (κ1) is 26.8. The fourth-order valence-corrected chi connectivity index (χ4v) is 4.87. The summed E-state index contributed by atoms with van der Waals surface area (Å²) >= 11 is 1.50. The molecule has 0 aliphatic rings. The number of nitrogens with zero attached hydrogens (tertiary/aromatic N) is 3. The van der Waals surface area contributed by atoms with Crippen LogP contribution in [-0.2, 0) is 6.61 Å². The lowest BCUT2D eigenvalue weighted by molar-refractivity contribution is 0.284. The lowest BCUT2D eigenvalue weighted by Gasteiger charge is -2.11. The Balaban J connectivity index is 1.53. The second-order valence-electron chi connectivity index (χ2n) is 8.66. The van der Waals surface area contributed by atoms with Crippen LogP contribution in [0.2, 0.25) is 0 Å². The Bertz CT molecular complexity index is 1660. The fraction of sp³-hybridized carbons (Fsp3) is 0.125. The summed E-state index contributed by atoms with van der Waals surface area (Å²) < 4.78 is 24.3. The van der Waals surface area contributed by atoms with Crippen molar-refractivity contribution in [3.63, 3.8) is 0 Å². The SMILES string of the molecule is COc1ccc(-c2csc(=Nc3ccccc3OC)n2/N=C\c2ccc(OC)c(OCc3ccccc3)c2)cc1. The first-order chi connectivity index (χ1) is 19.7. The quantitative estimate of drug-likeness (QED) is 0.177. The van der Waals surface area contributed by atoms with Crippen LogP contribution in [0.4, 0.5) is 5.69 Å². The van der Waals surface area contributed by atoms with Crippen LogP contribution in [0.1, 0.15) is 11.1 Å². The van der Waals surface area contributed by atoms with Crippen LogP contribution in [0.5, 0.6) is 23.0 Å². The van der Waals surface area contributed by atoms with Crippen molar-refractivity contribution in [2.45, 2.75) is 6.61 Å². The second kappa shape index (κ2) is 12.8. The second-order valence-corrected chi connectivity index (χ2v) is 9.49. The van der Waals surface area contributed by atoms with Crippen LogP contribution >= 0.6 is 11.3 Å². The average molecular weight is 552 g/mol. The van der Waals surface area contributed by atoms with E-state index in [1.807, 2.05) is 107 Å². The van der Waals surface area contributed by atoms with E-state index in [9.17, 15) is 0 Å². The molecule has 40 heavy (non-hydrogen) atoms. The highest BCUT2D eigenvalue weighted by Crippen LogP contribution is 2.29. The predicted molar refractivity (Wildman–Crippen MR) is 159 cm³/mol. The van der Waals surface area contributed by atoms with Gasteiger partial charge in [-0.3, -0.25) is 0 Å². The number of para-hydroxylation sites is 2. The minimum absolute atomic E-state index is 0.431. The molecule has 1 heterocycles. The molecular formula is C32H29N3O4S. The van der Waals surface area contributed by atoms with E-state index < -0.39 is 0 Å². The third-order valence-corrected chi connectivity index (χ3v) is 6.94. The number of benzene rings is 4. The highest BCUT2D eigenvalue weighted by molar-refractivity contribution is 7.07. The molecule has 0 aliphatic heterocycles. The van der Waals surface area contributed by atoms with E-state index in [1.54, 1.807) is 27.5 Å². The summed E-state index contributed by atoms with van der Waals surface area (Å²) in [6.45, 7) is 0.431. The molecule has 4 aromatic carbocycles. The van der Waals surface area contributed by atoms with Gasteiger partial charge in [-0.05, 0) is 65.7 Å². The molecular weight excluding hydrogens is 522 g/mol. The van der Waals surface area contributed by atoms with E-state index >= 15 is 0 Å². The summed E-state index contributed by atoms with van der Waals surface area (Å²) in [5.41, 5.74) is 4.53. The van der Waals surface area contributed by atoms with E-state index in [0.29, 0.717) is 28.7 Å². The highest BCUT2D eigenvalue weighted by Gasteiger charge is 2.10. The van der Waals surface area contributed by atoms with Crippen molar-refractivity contribution < 1.29 is 18.9 Å². The Morgan fingerprint density at radius 3 is 2.25 bits per heavy atom. The van der Waals surface area contributed by atoms with Gasteiger partial charge in [-0.1, -0.05) is 42.5 Å². The van der Waals surface area contributed by atoms with E-state index in [1.165, 1.54) is 11.3 Å². The van der Waals surface area contributed by atoms with Crippen LogP contribution in [0.15, 0.2) is 113 Å². The number of hydrogen-bond acceptors (Lipinski definition) is 7. The van der Waals surface area contributed by atoms with Gasteiger partial charge in [0.25, 0.3) is 0 Å². The van der Waals surface area contributed by atoms with Gasteiger partial charge in [0.1, 0.15) is 23.8 Å².